The van der Waals surface area contributed by atoms with Gasteiger partial charge in [-0.2, -0.15) is 0 Å². The Hall–Kier alpha value is -0.870. The molecule has 4 nitrogen and oxygen atoms in total. The van der Waals surface area contributed by atoms with Crippen molar-refractivity contribution in [1.82, 2.24) is 15.4 Å². The Morgan fingerprint density at radius 3 is 2.45 bits per heavy atom. The van der Waals surface area contributed by atoms with Gasteiger partial charge in [-0.15, -0.1) is 0 Å². The first-order chi connectivity index (χ1) is 9.52. The molecule has 2 heterocycles. The molecule has 1 aliphatic heterocycles. The van der Waals surface area contributed by atoms with E-state index in [4.69, 9.17) is 4.52 Å². The highest BCUT2D eigenvalue weighted by Crippen LogP contribution is 2.25. The average molecular weight is 279 g/mol. The van der Waals surface area contributed by atoms with Crippen LogP contribution in [0.3, 0.4) is 0 Å². The molecule has 0 saturated carbocycles. The molecule has 1 saturated heterocycles. The van der Waals surface area contributed by atoms with Crippen molar-refractivity contribution in [2.75, 3.05) is 19.6 Å². The second kappa shape index (κ2) is 6.72. The Kier molecular flexibility index (Phi) is 5.22. The molecule has 1 aliphatic rings. The normalized spacial score (nSPS) is 21.1. The quantitative estimate of drug-likeness (QED) is 0.899. The molecule has 1 aromatic heterocycles. The van der Waals surface area contributed by atoms with Crippen molar-refractivity contribution in [2.45, 2.75) is 59.5 Å². The third-order valence-corrected chi connectivity index (χ3v) is 4.82. The van der Waals surface area contributed by atoms with Crippen LogP contribution < -0.4 is 5.32 Å². The van der Waals surface area contributed by atoms with E-state index in [1.807, 2.05) is 13.8 Å². The van der Waals surface area contributed by atoms with Crippen LogP contribution in [0.4, 0.5) is 0 Å². The Balaban J connectivity index is 1.90. The zero-order chi connectivity index (χ0) is 14.7. The summed E-state index contributed by atoms with van der Waals surface area (Å²) in [5.74, 6) is 1.72. The smallest absolute Gasteiger partial charge is 0.138 e. The molecule has 0 radical (unpaired) electrons. The van der Waals surface area contributed by atoms with Gasteiger partial charge in [0.25, 0.3) is 0 Å². The Morgan fingerprint density at radius 1 is 1.30 bits per heavy atom. The third kappa shape index (κ3) is 3.41. The molecule has 1 aromatic rings. The topological polar surface area (TPSA) is 41.3 Å². The standard InChI is InChI=1S/C16H29N3O/c1-6-19-9-7-15(8-10-19)11(2)17-12(3)16-13(4)18-20-14(16)5/h11-12,15,17H,6-10H2,1-5H3. The minimum atomic E-state index is 0.306. The van der Waals surface area contributed by atoms with Crippen molar-refractivity contribution in [2.24, 2.45) is 5.92 Å². The summed E-state index contributed by atoms with van der Waals surface area (Å²) in [6.07, 6.45) is 2.60. The van der Waals surface area contributed by atoms with Crippen LogP contribution in [0.25, 0.3) is 0 Å². The number of aryl methyl sites for hydroxylation is 2. The number of hydrogen-bond donors (Lipinski definition) is 1. The highest BCUT2D eigenvalue weighted by molar-refractivity contribution is 5.24. The maximum atomic E-state index is 5.28. The van der Waals surface area contributed by atoms with Crippen LogP contribution in [-0.4, -0.2) is 35.7 Å². The number of hydrogen-bond acceptors (Lipinski definition) is 4. The molecule has 0 bridgehead atoms. The Morgan fingerprint density at radius 2 is 1.95 bits per heavy atom. The van der Waals surface area contributed by atoms with Crippen molar-refractivity contribution in [1.29, 1.82) is 0 Å². The predicted octanol–water partition coefficient (Wildman–Crippen LogP) is 3.06. The summed E-state index contributed by atoms with van der Waals surface area (Å²) in [6, 6.07) is 0.846. The van der Waals surface area contributed by atoms with Gasteiger partial charge in [-0.05, 0) is 66.1 Å². The predicted molar refractivity (Wildman–Crippen MR) is 81.8 cm³/mol. The van der Waals surface area contributed by atoms with Crippen LogP contribution in [0.1, 0.15) is 56.7 Å². The average Bonchev–Trinajstić information content (AvgIpc) is 2.78. The fraction of sp³-hybridized carbons (Fsp3) is 0.812. The van der Waals surface area contributed by atoms with Gasteiger partial charge in [0.15, 0.2) is 0 Å². The van der Waals surface area contributed by atoms with Crippen LogP contribution >= 0.6 is 0 Å². The minimum absolute atomic E-state index is 0.306. The number of aromatic nitrogens is 1. The van der Waals surface area contributed by atoms with Gasteiger partial charge in [-0.3, -0.25) is 0 Å². The van der Waals surface area contributed by atoms with E-state index < -0.39 is 0 Å². The molecule has 0 aromatic carbocycles. The summed E-state index contributed by atoms with van der Waals surface area (Å²) < 4.78 is 5.28. The maximum Gasteiger partial charge on any atom is 0.138 e. The molecule has 2 atom stereocenters. The lowest BCUT2D eigenvalue weighted by Crippen LogP contribution is -2.42. The molecule has 0 aliphatic carbocycles. The summed E-state index contributed by atoms with van der Waals surface area (Å²) in [4.78, 5) is 2.54. The lowest BCUT2D eigenvalue weighted by Gasteiger charge is -2.35. The van der Waals surface area contributed by atoms with Crippen LogP contribution in [0.15, 0.2) is 4.52 Å². The van der Waals surface area contributed by atoms with Gasteiger partial charge in [0, 0.05) is 17.6 Å². The molecule has 4 heteroatoms. The number of nitrogens with one attached hydrogen (secondary N) is 1. The Bertz CT molecular complexity index is 402. The molecular formula is C16H29N3O. The van der Waals surface area contributed by atoms with Crippen LogP contribution in [0.5, 0.6) is 0 Å². The van der Waals surface area contributed by atoms with Gasteiger partial charge >= 0.3 is 0 Å². The van der Waals surface area contributed by atoms with Gasteiger partial charge in [-0.25, -0.2) is 0 Å². The fourth-order valence-corrected chi connectivity index (χ4v) is 3.49. The number of piperidine rings is 1. The molecule has 114 valence electrons. The summed E-state index contributed by atoms with van der Waals surface area (Å²) in [6.45, 7) is 14.5. The largest absolute Gasteiger partial charge is 0.361 e. The van der Waals surface area contributed by atoms with Crippen LogP contribution in [0.2, 0.25) is 0 Å². The molecule has 20 heavy (non-hydrogen) atoms. The fourth-order valence-electron chi connectivity index (χ4n) is 3.49. The second-order valence-electron chi connectivity index (χ2n) is 6.19. The lowest BCUT2D eigenvalue weighted by atomic mass is 9.89. The first kappa shape index (κ1) is 15.5. The monoisotopic (exact) mass is 279 g/mol. The molecule has 2 rings (SSSR count). The summed E-state index contributed by atoms with van der Waals surface area (Å²) in [7, 11) is 0. The zero-order valence-electron chi connectivity index (χ0n) is 13.6. The van der Waals surface area contributed by atoms with Gasteiger partial charge in [0.1, 0.15) is 5.76 Å². The van der Waals surface area contributed by atoms with Gasteiger partial charge < -0.3 is 14.7 Å². The molecule has 0 amide bonds. The minimum Gasteiger partial charge on any atom is -0.361 e. The number of nitrogens with zero attached hydrogens (tertiary/aromatic N) is 2. The third-order valence-electron chi connectivity index (χ3n) is 4.82. The SMILES string of the molecule is CCN1CCC(C(C)NC(C)c2c(C)noc2C)CC1. The lowest BCUT2D eigenvalue weighted by molar-refractivity contribution is 0.165. The zero-order valence-corrected chi connectivity index (χ0v) is 13.6. The van der Waals surface area contributed by atoms with E-state index in [-0.39, 0.29) is 0 Å². The summed E-state index contributed by atoms with van der Waals surface area (Å²) >= 11 is 0. The molecule has 2 unspecified atom stereocenters. The van der Waals surface area contributed by atoms with E-state index in [0.29, 0.717) is 12.1 Å². The van der Waals surface area contributed by atoms with Gasteiger partial charge in [0.05, 0.1) is 5.69 Å². The van der Waals surface area contributed by atoms with E-state index in [9.17, 15) is 0 Å². The molecule has 0 spiro atoms. The highest BCUT2D eigenvalue weighted by Gasteiger charge is 2.25. The van der Waals surface area contributed by atoms with Crippen molar-refractivity contribution in [3.8, 4) is 0 Å². The van der Waals surface area contributed by atoms with Gasteiger partial charge in [0.2, 0.25) is 0 Å². The summed E-state index contributed by atoms with van der Waals surface area (Å²) in [5, 5.41) is 7.80. The van der Waals surface area contributed by atoms with Crippen LogP contribution in [-0.2, 0) is 0 Å². The molecular weight excluding hydrogens is 250 g/mol. The van der Waals surface area contributed by atoms with Crippen LogP contribution in [0, 0.1) is 19.8 Å². The van der Waals surface area contributed by atoms with E-state index in [0.717, 1.165) is 17.4 Å². The molecule has 1 fully saturated rings. The van der Waals surface area contributed by atoms with E-state index >= 15 is 0 Å². The van der Waals surface area contributed by atoms with Crippen molar-refractivity contribution in [3.05, 3.63) is 17.0 Å². The van der Waals surface area contributed by atoms with E-state index in [1.165, 1.54) is 38.0 Å². The highest BCUT2D eigenvalue weighted by atomic mass is 16.5. The second-order valence-corrected chi connectivity index (χ2v) is 6.19. The van der Waals surface area contributed by atoms with Crippen molar-refractivity contribution < 1.29 is 4.52 Å². The molecule has 1 N–H and O–H groups in total. The van der Waals surface area contributed by atoms with Gasteiger partial charge in [-0.1, -0.05) is 12.1 Å². The number of likely N-dealkylation sites (tertiary alicyclic amines) is 1. The maximum absolute atomic E-state index is 5.28. The van der Waals surface area contributed by atoms with Crippen molar-refractivity contribution in [3.63, 3.8) is 0 Å². The van der Waals surface area contributed by atoms with E-state index in [1.54, 1.807) is 0 Å². The Labute approximate surface area is 122 Å². The summed E-state index contributed by atoms with van der Waals surface area (Å²) in [5.41, 5.74) is 2.23. The first-order valence-corrected chi connectivity index (χ1v) is 7.94. The first-order valence-electron chi connectivity index (χ1n) is 7.94. The van der Waals surface area contributed by atoms with Crippen molar-refractivity contribution >= 4 is 0 Å². The van der Waals surface area contributed by atoms with E-state index in [2.05, 4.69) is 36.1 Å². The number of rotatable bonds is 5.